The predicted molar refractivity (Wildman–Crippen MR) is 113 cm³/mol. The number of rotatable bonds is 6. The molecule has 0 aromatic heterocycles. The van der Waals surface area contributed by atoms with Crippen LogP contribution in [-0.2, 0) is 12.8 Å². The Bertz CT molecular complexity index is 783. The molecule has 0 amide bonds. The molecule has 1 aliphatic rings. The highest BCUT2D eigenvalue weighted by Crippen LogP contribution is 2.31. The summed E-state index contributed by atoms with van der Waals surface area (Å²) in [6.45, 7) is 4.03. The Morgan fingerprint density at radius 2 is 1.63 bits per heavy atom. The van der Waals surface area contributed by atoms with Gasteiger partial charge < -0.3 is 0 Å². The van der Waals surface area contributed by atoms with E-state index in [4.69, 9.17) is 0 Å². The first-order valence-electron chi connectivity index (χ1n) is 10.5. The van der Waals surface area contributed by atoms with Gasteiger partial charge in [-0.3, -0.25) is 0 Å². The first-order chi connectivity index (χ1) is 13.2. The smallest absolute Gasteiger partial charge is 0.127 e. The van der Waals surface area contributed by atoms with E-state index in [0.29, 0.717) is 5.92 Å². The summed E-state index contributed by atoms with van der Waals surface area (Å²) in [4.78, 5) is 0. The predicted octanol–water partition coefficient (Wildman–Crippen LogP) is 7.21. The van der Waals surface area contributed by atoms with Crippen LogP contribution in [0.15, 0.2) is 42.5 Å². The van der Waals surface area contributed by atoms with Gasteiger partial charge in [0.1, 0.15) is 5.82 Å². The first kappa shape index (κ1) is 19.7. The maximum atomic E-state index is 14.2. The van der Waals surface area contributed by atoms with Gasteiger partial charge in [-0.2, -0.15) is 0 Å². The zero-order valence-corrected chi connectivity index (χ0v) is 16.7. The standard InChI is InChI=1S/C26H31F/c1-3-5-20-7-9-21(10-8-20)11-12-22-13-15-23(16-14-22)25-18-17-24(6-4-2)26(27)19-25/h13-21H,4,6-12H2,1-2H3. The highest BCUT2D eigenvalue weighted by atomic mass is 19.1. The fraction of sp³-hybridized carbons (Fsp3) is 0.462. The highest BCUT2D eigenvalue weighted by molar-refractivity contribution is 5.64. The highest BCUT2D eigenvalue weighted by Gasteiger charge is 2.19. The van der Waals surface area contributed by atoms with E-state index in [9.17, 15) is 4.39 Å². The number of benzene rings is 2. The van der Waals surface area contributed by atoms with E-state index < -0.39 is 0 Å². The molecule has 142 valence electrons. The molecule has 2 aromatic carbocycles. The third-order valence-corrected chi connectivity index (χ3v) is 5.90. The van der Waals surface area contributed by atoms with Crippen molar-refractivity contribution in [1.82, 2.24) is 0 Å². The molecule has 0 spiro atoms. The Morgan fingerprint density at radius 3 is 2.26 bits per heavy atom. The Labute approximate surface area is 164 Å². The Morgan fingerprint density at radius 1 is 0.926 bits per heavy atom. The molecule has 27 heavy (non-hydrogen) atoms. The summed E-state index contributed by atoms with van der Waals surface area (Å²) in [5.41, 5.74) is 4.27. The van der Waals surface area contributed by atoms with Gasteiger partial charge in [-0.1, -0.05) is 49.7 Å². The summed E-state index contributed by atoms with van der Waals surface area (Å²) >= 11 is 0. The van der Waals surface area contributed by atoms with Gasteiger partial charge >= 0.3 is 0 Å². The van der Waals surface area contributed by atoms with Crippen LogP contribution in [0, 0.1) is 29.5 Å². The van der Waals surface area contributed by atoms with Gasteiger partial charge in [0, 0.05) is 5.92 Å². The summed E-state index contributed by atoms with van der Waals surface area (Å²) in [6, 6.07) is 14.3. The van der Waals surface area contributed by atoms with Crippen LogP contribution in [0.25, 0.3) is 11.1 Å². The molecule has 0 atom stereocenters. The summed E-state index contributed by atoms with van der Waals surface area (Å²) in [6.07, 6.45) is 9.36. The lowest BCUT2D eigenvalue weighted by Crippen LogP contribution is -2.14. The molecule has 1 aliphatic carbocycles. The number of hydrogen-bond acceptors (Lipinski definition) is 0. The van der Waals surface area contributed by atoms with E-state index in [1.165, 1.54) is 37.7 Å². The maximum Gasteiger partial charge on any atom is 0.127 e. The zero-order valence-electron chi connectivity index (χ0n) is 16.7. The van der Waals surface area contributed by atoms with Crippen molar-refractivity contribution in [1.29, 1.82) is 0 Å². The lowest BCUT2D eigenvalue weighted by molar-refractivity contribution is 0.302. The monoisotopic (exact) mass is 362 g/mol. The zero-order chi connectivity index (χ0) is 19.1. The van der Waals surface area contributed by atoms with Crippen LogP contribution in [0.4, 0.5) is 4.39 Å². The van der Waals surface area contributed by atoms with Crippen LogP contribution in [0.5, 0.6) is 0 Å². The van der Waals surface area contributed by atoms with E-state index in [-0.39, 0.29) is 5.82 Å². The molecule has 1 saturated carbocycles. The van der Waals surface area contributed by atoms with E-state index >= 15 is 0 Å². The summed E-state index contributed by atoms with van der Waals surface area (Å²) in [7, 11) is 0. The van der Waals surface area contributed by atoms with E-state index in [2.05, 4.69) is 43.0 Å². The average molecular weight is 363 g/mol. The van der Waals surface area contributed by atoms with Crippen LogP contribution < -0.4 is 0 Å². The van der Waals surface area contributed by atoms with Crippen molar-refractivity contribution in [2.24, 2.45) is 11.8 Å². The molecule has 0 aliphatic heterocycles. The van der Waals surface area contributed by atoms with Gasteiger partial charge in [-0.05, 0) is 86.1 Å². The number of halogens is 1. The van der Waals surface area contributed by atoms with E-state index in [0.717, 1.165) is 41.9 Å². The van der Waals surface area contributed by atoms with Crippen molar-refractivity contribution < 1.29 is 4.39 Å². The second-order valence-electron chi connectivity index (χ2n) is 7.90. The minimum absolute atomic E-state index is 0.0817. The SMILES string of the molecule is CC#CC1CCC(CCc2ccc(-c3ccc(CCC)c(F)c3)cc2)CC1. The molecule has 1 heteroatoms. The molecule has 0 bridgehead atoms. The minimum Gasteiger partial charge on any atom is -0.207 e. The molecule has 0 heterocycles. The van der Waals surface area contributed by atoms with Gasteiger partial charge in [0.15, 0.2) is 0 Å². The molecule has 3 rings (SSSR count). The van der Waals surface area contributed by atoms with Crippen molar-refractivity contribution in [3.63, 3.8) is 0 Å². The largest absolute Gasteiger partial charge is 0.207 e. The molecule has 0 radical (unpaired) electrons. The molecule has 0 N–H and O–H groups in total. The first-order valence-corrected chi connectivity index (χ1v) is 10.5. The van der Waals surface area contributed by atoms with Gasteiger partial charge in [-0.25, -0.2) is 4.39 Å². The third kappa shape index (κ3) is 5.46. The maximum absolute atomic E-state index is 14.2. The van der Waals surface area contributed by atoms with Crippen molar-refractivity contribution in [2.75, 3.05) is 0 Å². The van der Waals surface area contributed by atoms with Crippen LogP contribution >= 0.6 is 0 Å². The molecule has 1 fully saturated rings. The molecular weight excluding hydrogens is 331 g/mol. The van der Waals surface area contributed by atoms with Crippen LogP contribution in [0.2, 0.25) is 0 Å². The number of aryl methyl sites for hydroxylation is 2. The lowest BCUT2D eigenvalue weighted by atomic mass is 9.80. The second kappa shape index (κ2) is 9.75. The fourth-order valence-corrected chi connectivity index (χ4v) is 4.23. The summed E-state index contributed by atoms with van der Waals surface area (Å²) < 4.78 is 14.2. The molecule has 0 nitrogen and oxygen atoms in total. The van der Waals surface area contributed by atoms with Gasteiger partial charge in [0.05, 0.1) is 0 Å². The summed E-state index contributed by atoms with van der Waals surface area (Å²) in [5.74, 6) is 7.81. The Kier molecular flexibility index (Phi) is 7.11. The van der Waals surface area contributed by atoms with Gasteiger partial charge in [0.25, 0.3) is 0 Å². The van der Waals surface area contributed by atoms with Crippen molar-refractivity contribution in [3.8, 4) is 23.0 Å². The lowest BCUT2D eigenvalue weighted by Gasteiger charge is -2.25. The van der Waals surface area contributed by atoms with Gasteiger partial charge in [-0.15, -0.1) is 11.8 Å². The van der Waals surface area contributed by atoms with Crippen LogP contribution in [0.3, 0.4) is 0 Å². The molecule has 0 unspecified atom stereocenters. The van der Waals surface area contributed by atoms with Crippen LogP contribution in [-0.4, -0.2) is 0 Å². The second-order valence-corrected chi connectivity index (χ2v) is 7.90. The quantitative estimate of drug-likeness (QED) is 0.476. The minimum atomic E-state index is -0.0817. The number of hydrogen-bond donors (Lipinski definition) is 0. The Hall–Kier alpha value is -2.07. The molecular formula is C26H31F. The Balaban J connectivity index is 1.54. The topological polar surface area (TPSA) is 0 Å². The van der Waals surface area contributed by atoms with E-state index in [1.807, 2.05) is 19.1 Å². The van der Waals surface area contributed by atoms with Crippen molar-refractivity contribution in [3.05, 3.63) is 59.4 Å². The third-order valence-electron chi connectivity index (χ3n) is 5.90. The normalized spacial score (nSPS) is 19.4. The van der Waals surface area contributed by atoms with Crippen molar-refractivity contribution >= 4 is 0 Å². The average Bonchev–Trinajstić information content (AvgIpc) is 2.70. The fourth-order valence-electron chi connectivity index (χ4n) is 4.23. The molecule has 2 aromatic rings. The van der Waals surface area contributed by atoms with Crippen molar-refractivity contribution in [2.45, 2.75) is 65.2 Å². The van der Waals surface area contributed by atoms with Gasteiger partial charge in [0.2, 0.25) is 0 Å². The van der Waals surface area contributed by atoms with Crippen LogP contribution in [0.1, 0.15) is 63.5 Å². The van der Waals surface area contributed by atoms with E-state index in [1.54, 1.807) is 6.07 Å². The molecule has 0 saturated heterocycles. The summed E-state index contributed by atoms with van der Waals surface area (Å²) in [5, 5.41) is 0.